The van der Waals surface area contributed by atoms with Gasteiger partial charge < -0.3 is 10.6 Å². The van der Waals surface area contributed by atoms with Crippen LogP contribution in [0.2, 0.25) is 0 Å². The highest BCUT2D eigenvalue weighted by atomic mass is 32.1. The summed E-state index contributed by atoms with van der Waals surface area (Å²) in [6.07, 6.45) is 2.03. The normalized spacial score (nSPS) is 16.2. The number of fused-ring (bicyclic) bond motifs is 1. The lowest BCUT2D eigenvalue weighted by atomic mass is 9.89. The van der Waals surface area contributed by atoms with Crippen LogP contribution in [0.5, 0.6) is 0 Å². The first-order valence-corrected chi connectivity index (χ1v) is 12.7. The van der Waals surface area contributed by atoms with E-state index in [2.05, 4.69) is 32.7 Å². The van der Waals surface area contributed by atoms with Crippen LogP contribution in [-0.4, -0.2) is 27.6 Å². The smallest absolute Gasteiger partial charge is 0.228 e. The second-order valence-electron chi connectivity index (χ2n) is 8.23. The highest BCUT2D eigenvalue weighted by Gasteiger charge is 2.33. The van der Waals surface area contributed by atoms with Gasteiger partial charge in [0.05, 0.1) is 33.7 Å². The Hall–Kier alpha value is -2.91. The minimum atomic E-state index is -0.465. The lowest BCUT2D eigenvalue weighted by Crippen LogP contribution is -2.35. The maximum Gasteiger partial charge on any atom is 0.228 e. The van der Waals surface area contributed by atoms with Crippen LogP contribution < -0.4 is 10.6 Å². The maximum absolute atomic E-state index is 12.8. The van der Waals surface area contributed by atoms with Crippen molar-refractivity contribution in [1.82, 2.24) is 15.3 Å². The highest BCUT2D eigenvalue weighted by Crippen LogP contribution is 2.32. The molecule has 0 spiro atoms. The Bertz CT molecular complexity index is 1160. The Morgan fingerprint density at radius 2 is 1.97 bits per heavy atom. The fourth-order valence-electron chi connectivity index (χ4n) is 3.59. The first-order valence-electron chi connectivity index (χ1n) is 11.0. The molecule has 0 fully saturated rings. The van der Waals surface area contributed by atoms with Crippen molar-refractivity contribution in [3.8, 4) is 0 Å². The minimum Gasteiger partial charge on any atom is -0.350 e. The third kappa shape index (κ3) is 5.72. The van der Waals surface area contributed by atoms with Gasteiger partial charge in [0.1, 0.15) is 0 Å². The molecule has 1 aliphatic carbocycles. The lowest BCUT2D eigenvalue weighted by molar-refractivity contribution is -0.125. The summed E-state index contributed by atoms with van der Waals surface area (Å²) in [4.78, 5) is 47.1. The topological polar surface area (TPSA) is 101 Å². The van der Waals surface area contributed by atoms with Gasteiger partial charge in [-0.05, 0) is 12.0 Å². The van der Waals surface area contributed by atoms with Gasteiger partial charge in [-0.2, -0.15) is 0 Å². The van der Waals surface area contributed by atoms with Gasteiger partial charge in [0.25, 0.3) is 0 Å². The van der Waals surface area contributed by atoms with E-state index in [1.807, 2.05) is 37.4 Å². The number of carbonyl (C=O) groups is 3. The molecule has 0 bridgehead atoms. The number of amides is 2. The zero-order valence-corrected chi connectivity index (χ0v) is 20.2. The van der Waals surface area contributed by atoms with E-state index in [0.29, 0.717) is 28.7 Å². The van der Waals surface area contributed by atoms with E-state index in [-0.39, 0.29) is 29.9 Å². The molecule has 7 nitrogen and oxygen atoms in total. The van der Waals surface area contributed by atoms with Gasteiger partial charge >= 0.3 is 0 Å². The van der Waals surface area contributed by atoms with E-state index in [1.54, 1.807) is 11.3 Å². The number of rotatable bonds is 8. The van der Waals surface area contributed by atoms with Crippen LogP contribution in [0, 0.1) is 11.8 Å². The average Bonchev–Trinajstić information content (AvgIpc) is 3.44. The van der Waals surface area contributed by atoms with Gasteiger partial charge in [0, 0.05) is 30.6 Å². The first-order chi connectivity index (χ1) is 15.9. The number of carbonyl (C=O) groups excluding carboxylic acids is 3. The van der Waals surface area contributed by atoms with Crippen molar-refractivity contribution in [2.75, 3.05) is 5.32 Å². The molecular weight excluding hydrogens is 456 g/mol. The Morgan fingerprint density at radius 3 is 2.73 bits per heavy atom. The number of nitrogens with zero attached hydrogens (tertiary/aromatic N) is 2. The fourth-order valence-corrected chi connectivity index (χ4v) is 5.36. The maximum atomic E-state index is 12.8. The monoisotopic (exact) mass is 482 g/mol. The number of hydrogen-bond donors (Lipinski definition) is 2. The molecule has 33 heavy (non-hydrogen) atoms. The number of hydrogen-bond acceptors (Lipinski definition) is 7. The zero-order chi connectivity index (χ0) is 23.4. The molecule has 1 aromatic carbocycles. The molecule has 1 aliphatic rings. The highest BCUT2D eigenvalue weighted by molar-refractivity contribution is 7.17. The molecule has 0 radical (unpaired) electrons. The van der Waals surface area contributed by atoms with Crippen LogP contribution >= 0.6 is 22.7 Å². The van der Waals surface area contributed by atoms with Gasteiger partial charge in [0.15, 0.2) is 10.9 Å². The SMILES string of the molecule is CC[C@@H](C)C(=O)Nc1nc2c(s1)C(=O)C[C@@H](C(=O)NCc1csc(Cc3ccccc3)n1)C2. The number of nitrogens with one attached hydrogen (secondary N) is 2. The molecule has 0 aliphatic heterocycles. The Balaban J connectivity index is 1.33. The molecule has 9 heteroatoms. The third-order valence-corrected chi connectivity index (χ3v) is 7.68. The summed E-state index contributed by atoms with van der Waals surface area (Å²) < 4.78 is 0. The molecule has 4 rings (SSSR count). The van der Waals surface area contributed by atoms with Gasteiger partial charge in [-0.3, -0.25) is 14.4 Å². The summed E-state index contributed by atoms with van der Waals surface area (Å²) in [6.45, 7) is 4.12. The summed E-state index contributed by atoms with van der Waals surface area (Å²) in [7, 11) is 0. The molecular formula is C24H26N4O3S2. The van der Waals surface area contributed by atoms with Crippen LogP contribution in [-0.2, 0) is 29.0 Å². The van der Waals surface area contributed by atoms with Crippen molar-refractivity contribution < 1.29 is 14.4 Å². The third-order valence-electron chi connectivity index (χ3n) is 5.72. The van der Waals surface area contributed by atoms with Crippen LogP contribution in [0.1, 0.15) is 58.3 Å². The van der Waals surface area contributed by atoms with Crippen LogP contribution in [0.4, 0.5) is 5.13 Å². The average molecular weight is 483 g/mol. The molecule has 3 aromatic rings. The Labute approximate surface area is 200 Å². The predicted molar refractivity (Wildman–Crippen MR) is 130 cm³/mol. The Kier molecular flexibility index (Phi) is 7.29. The zero-order valence-electron chi connectivity index (χ0n) is 18.6. The van der Waals surface area contributed by atoms with E-state index in [4.69, 9.17) is 0 Å². The lowest BCUT2D eigenvalue weighted by Gasteiger charge is -2.19. The molecule has 0 saturated carbocycles. The first kappa shape index (κ1) is 23.3. The number of Topliss-reactive ketones (excluding diaryl/α,β-unsaturated/α-hetero) is 1. The van der Waals surface area contributed by atoms with E-state index in [1.165, 1.54) is 16.9 Å². The minimum absolute atomic E-state index is 0.100. The van der Waals surface area contributed by atoms with Crippen LogP contribution in [0.15, 0.2) is 35.7 Å². The van der Waals surface area contributed by atoms with E-state index < -0.39 is 5.92 Å². The second-order valence-corrected chi connectivity index (χ2v) is 10.2. The van der Waals surface area contributed by atoms with Gasteiger partial charge in [0.2, 0.25) is 11.8 Å². The van der Waals surface area contributed by atoms with Crippen molar-refractivity contribution in [3.63, 3.8) is 0 Å². The standard InChI is InChI=1S/C24H26N4O3S2/c1-3-14(2)22(30)28-24-27-18-10-16(11-19(29)21(18)33-24)23(31)25-12-17-13-32-20(26-17)9-15-7-5-4-6-8-15/h4-8,13-14,16H,3,9-12H2,1-2H3,(H,25,31)(H,27,28,30)/t14-,16+/m1/s1. The summed E-state index contributed by atoms with van der Waals surface area (Å²) in [5.41, 5.74) is 2.60. The Morgan fingerprint density at radius 1 is 1.18 bits per heavy atom. The summed E-state index contributed by atoms with van der Waals surface area (Å²) in [5, 5.41) is 9.08. The summed E-state index contributed by atoms with van der Waals surface area (Å²) in [5.74, 6) is -0.978. The molecule has 2 atom stereocenters. The summed E-state index contributed by atoms with van der Waals surface area (Å²) in [6, 6.07) is 10.1. The van der Waals surface area contributed by atoms with Crippen molar-refractivity contribution in [2.24, 2.45) is 11.8 Å². The predicted octanol–water partition coefficient (Wildman–Crippen LogP) is 4.24. The molecule has 2 aromatic heterocycles. The van der Waals surface area contributed by atoms with Crippen molar-refractivity contribution >= 4 is 45.4 Å². The number of benzene rings is 1. The number of ketones is 1. The molecule has 0 saturated heterocycles. The molecule has 2 N–H and O–H groups in total. The van der Waals surface area contributed by atoms with Gasteiger partial charge in [-0.1, -0.05) is 55.5 Å². The van der Waals surface area contributed by atoms with Crippen molar-refractivity contribution in [2.45, 2.75) is 46.1 Å². The molecule has 0 unspecified atom stereocenters. The molecule has 2 amide bonds. The van der Waals surface area contributed by atoms with Gasteiger partial charge in [-0.25, -0.2) is 9.97 Å². The number of anilines is 1. The van der Waals surface area contributed by atoms with E-state index in [9.17, 15) is 14.4 Å². The van der Waals surface area contributed by atoms with Crippen molar-refractivity contribution in [1.29, 1.82) is 0 Å². The second kappa shape index (κ2) is 10.4. The van der Waals surface area contributed by atoms with Crippen LogP contribution in [0.25, 0.3) is 0 Å². The number of thiazole rings is 2. The summed E-state index contributed by atoms with van der Waals surface area (Å²) >= 11 is 2.77. The van der Waals surface area contributed by atoms with Crippen LogP contribution in [0.3, 0.4) is 0 Å². The molecule has 2 heterocycles. The van der Waals surface area contributed by atoms with E-state index >= 15 is 0 Å². The van der Waals surface area contributed by atoms with Crippen molar-refractivity contribution in [3.05, 3.63) is 62.5 Å². The van der Waals surface area contributed by atoms with Gasteiger partial charge in [-0.15, -0.1) is 11.3 Å². The number of aromatic nitrogens is 2. The van der Waals surface area contributed by atoms with E-state index in [0.717, 1.165) is 23.5 Å². The quantitative estimate of drug-likeness (QED) is 0.500. The fraction of sp³-hybridized carbons (Fsp3) is 0.375. The molecule has 172 valence electrons. The largest absolute Gasteiger partial charge is 0.350 e.